The van der Waals surface area contributed by atoms with Crippen LogP contribution < -0.4 is 10.5 Å². The maximum Gasteiger partial charge on any atom is 0.312 e. The van der Waals surface area contributed by atoms with E-state index in [1.807, 2.05) is 30.7 Å². The van der Waals surface area contributed by atoms with E-state index in [-0.39, 0.29) is 18.1 Å². The summed E-state index contributed by atoms with van der Waals surface area (Å²) in [6.07, 6.45) is 5.57. The van der Waals surface area contributed by atoms with Crippen LogP contribution in [0.2, 0.25) is 0 Å². The van der Waals surface area contributed by atoms with Crippen molar-refractivity contribution >= 4 is 16.7 Å². The molecule has 0 saturated heterocycles. The van der Waals surface area contributed by atoms with Gasteiger partial charge in [0, 0.05) is 17.8 Å². The number of rotatable bonds is 8. The van der Waals surface area contributed by atoms with Crippen LogP contribution in [0, 0.1) is 10.8 Å². The van der Waals surface area contributed by atoms with Crippen LogP contribution in [0.1, 0.15) is 39.3 Å². The first-order chi connectivity index (χ1) is 13.6. The van der Waals surface area contributed by atoms with Gasteiger partial charge in [-0.3, -0.25) is 4.79 Å². The highest BCUT2D eigenvalue weighted by molar-refractivity contribution is 5.84. The van der Waals surface area contributed by atoms with Gasteiger partial charge >= 0.3 is 5.97 Å². The van der Waals surface area contributed by atoms with E-state index in [0.29, 0.717) is 12.3 Å². The summed E-state index contributed by atoms with van der Waals surface area (Å²) in [6, 6.07) is 12.2. The van der Waals surface area contributed by atoms with Gasteiger partial charge in [0.05, 0.1) is 17.8 Å². The second-order valence-electron chi connectivity index (χ2n) is 8.85. The van der Waals surface area contributed by atoms with Gasteiger partial charge in [-0.2, -0.15) is 0 Å². The molecule has 1 aromatic heterocycles. The number of carboxylic acids is 1. The summed E-state index contributed by atoms with van der Waals surface area (Å²) >= 11 is 0. The molecule has 1 unspecified atom stereocenters. The van der Waals surface area contributed by atoms with Gasteiger partial charge in [0.25, 0.3) is 0 Å². The third-order valence-corrected chi connectivity index (χ3v) is 5.42. The lowest BCUT2D eigenvalue weighted by atomic mass is 9.80. The molecule has 0 spiro atoms. The minimum atomic E-state index is -0.940. The fraction of sp³-hybridized carbons (Fsp3) is 0.391. The summed E-state index contributed by atoms with van der Waals surface area (Å²) in [5.41, 5.74) is 6.15. The van der Waals surface area contributed by atoms with Crippen LogP contribution in [-0.2, 0) is 4.79 Å². The van der Waals surface area contributed by atoms with Crippen LogP contribution in [0.3, 0.4) is 0 Å². The van der Waals surface area contributed by atoms with Gasteiger partial charge < -0.3 is 20.1 Å². The van der Waals surface area contributed by atoms with Gasteiger partial charge in [-0.05, 0) is 54.9 Å². The highest BCUT2D eigenvalue weighted by Crippen LogP contribution is 2.37. The smallest absolute Gasteiger partial charge is 0.312 e. The molecule has 0 radical (unpaired) electrons. The zero-order valence-electron chi connectivity index (χ0n) is 17.4. The molecule has 0 aliphatic carbocycles. The fourth-order valence-corrected chi connectivity index (χ4v) is 3.39. The molecule has 3 rings (SSSR count). The first-order valence-electron chi connectivity index (χ1n) is 9.71. The number of nitrogens with zero attached hydrogens (tertiary/aromatic N) is 2. The van der Waals surface area contributed by atoms with Crippen molar-refractivity contribution in [3.05, 3.63) is 60.7 Å². The quantitative estimate of drug-likeness (QED) is 0.599. The first kappa shape index (κ1) is 20.9. The number of imidazole rings is 1. The molecule has 6 heteroatoms. The lowest BCUT2D eigenvalue weighted by Crippen LogP contribution is -2.34. The Balaban J connectivity index is 1.91. The molecule has 1 atom stereocenters. The summed E-state index contributed by atoms with van der Waals surface area (Å²) < 4.78 is 7.84. The third kappa shape index (κ3) is 4.43. The normalized spacial score (nSPS) is 13.4. The van der Waals surface area contributed by atoms with Gasteiger partial charge in [0.1, 0.15) is 12.4 Å². The summed E-state index contributed by atoms with van der Waals surface area (Å²) in [6.45, 7) is 8.27. The molecule has 0 aliphatic heterocycles. The molecule has 3 aromatic rings. The minimum absolute atomic E-state index is 0.0618. The number of fused-ring (bicyclic) bond motifs is 1. The molecule has 6 nitrogen and oxygen atoms in total. The number of ether oxygens (including phenoxy) is 1. The summed E-state index contributed by atoms with van der Waals surface area (Å²) in [5.74, 6) is -0.219. The SMILES string of the molecule is CC(C)(COc1ccc2cc(C(n3ccnc3)C(C)(C)CN)ccc2c1)C(=O)O. The Kier molecular flexibility index (Phi) is 5.66. The van der Waals surface area contributed by atoms with Crippen LogP contribution in [0.5, 0.6) is 5.75 Å². The molecule has 3 N–H and O–H groups in total. The molecule has 0 bridgehead atoms. The predicted molar refractivity (Wildman–Crippen MR) is 114 cm³/mol. The Bertz CT molecular complexity index is 994. The number of carbonyl (C=O) groups is 1. The van der Waals surface area contributed by atoms with Crippen molar-refractivity contribution in [3.8, 4) is 5.75 Å². The third-order valence-electron chi connectivity index (χ3n) is 5.42. The van der Waals surface area contributed by atoms with Crippen molar-refractivity contribution in [2.75, 3.05) is 13.2 Å². The van der Waals surface area contributed by atoms with Crippen molar-refractivity contribution in [1.29, 1.82) is 0 Å². The number of benzene rings is 2. The highest BCUT2D eigenvalue weighted by Gasteiger charge is 2.31. The molecule has 0 fully saturated rings. The fourth-order valence-electron chi connectivity index (χ4n) is 3.39. The topological polar surface area (TPSA) is 90.4 Å². The van der Waals surface area contributed by atoms with Crippen molar-refractivity contribution in [2.45, 2.75) is 33.7 Å². The van der Waals surface area contributed by atoms with Crippen molar-refractivity contribution in [3.63, 3.8) is 0 Å². The second kappa shape index (κ2) is 7.87. The van der Waals surface area contributed by atoms with E-state index in [1.54, 1.807) is 20.0 Å². The molecule has 2 aromatic carbocycles. The van der Waals surface area contributed by atoms with Gasteiger partial charge in [-0.15, -0.1) is 0 Å². The zero-order chi connectivity index (χ0) is 21.2. The van der Waals surface area contributed by atoms with Crippen molar-refractivity contribution in [2.24, 2.45) is 16.6 Å². The largest absolute Gasteiger partial charge is 0.492 e. The highest BCUT2D eigenvalue weighted by atomic mass is 16.5. The lowest BCUT2D eigenvalue weighted by Gasteiger charge is -2.34. The average Bonchev–Trinajstić information content (AvgIpc) is 3.20. The molecule has 0 aliphatic rings. The number of hydrogen-bond donors (Lipinski definition) is 2. The lowest BCUT2D eigenvalue weighted by molar-refractivity contribution is -0.148. The van der Waals surface area contributed by atoms with Gasteiger partial charge in [-0.25, -0.2) is 4.98 Å². The number of carboxylic acid groups (broad SMARTS) is 1. The Morgan fingerprint density at radius 2 is 1.86 bits per heavy atom. The average molecular weight is 396 g/mol. The molecule has 0 amide bonds. The molecule has 154 valence electrons. The molecular formula is C23H29N3O3. The van der Waals surface area contributed by atoms with Crippen LogP contribution >= 0.6 is 0 Å². The van der Waals surface area contributed by atoms with Crippen LogP contribution in [0.15, 0.2) is 55.1 Å². The molecule has 1 heterocycles. The van der Waals surface area contributed by atoms with E-state index in [0.717, 1.165) is 16.3 Å². The van der Waals surface area contributed by atoms with Gasteiger partial charge in [0.15, 0.2) is 0 Å². The van der Waals surface area contributed by atoms with E-state index in [2.05, 4.69) is 41.6 Å². The molecule has 29 heavy (non-hydrogen) atoms. The van der Waals surface area contributed by atoms with Crippen LogP contribution in [0.4, 0.5) is 0 Å². The van der Waals surface area contributed by atoms with Crippen LogP contribution in [-0.4, -0.2) is 33.8 Å². The summed E-state index contributed by atoms with van der Waals surface area (Å²) in [7, 11) is 0. The Labute approximate surface area is 171 Å². The predicted octanol–water partition coefficient (Wildman–Crippen LogP) is 4.10. The maximum atomic E-state index is 11.3. The van der Waals surface area contributed by atoms with Gasteiger partial charge in [0.2, 0.25) is 0 Å². The Hall–Kier alpha value is -2.86. The molecule has 0 saturated carbocycles. The van der Waals surface area contributed by atoms with E-state index in [1.165, 1.54) is 0 Å². The number of aliphatic carboxylic acids is 1. The zero-order valence-corrected chi connectivity index (χ0v) is 17.4. The minimum Gasteiger partial charge on any atom is -0.492 e. The van der Waals surface area contributed by atoms with Crippen molar-refractivity contribution < 1.29 is 14.6 Å². The standard InChI is InChI=1S/C23H29N3O3/c1-22(2,13-24)20(26-10-9-25-15-26)18-6-5-17-12-19(8-7-16(17)11-18)29-14-23(3,4)21(27)28/h5-12,15,20H,13-14,24H2,1-4H3,(H,27,28). The maximum absolute atomic E-state index is 11.3. The van der Waals surface area contributed by atoms with Gasteiger partial charge in [-0.1, -0.05) is 32.0 Å². The second-order valence-corrected chi connectivity index (χ2v) is 8.85. The number of aromatic nitrogens is 2. The number of nitrogens with two attached hydrogens (primary N) is 1. The van der Waals surface area contributed by atoms with E-state index in [4.69, 9.17) is 10.5 Å². The first-order valence-corrected chi connectivity index (χ1v) is 9.71. The monoisotopic (exact) mass is 395 g/mol. The van der Waals surface area contributed by atoms with E-state index < -0.39 is 11.4 Å². The summed E-state index contributed by atoms with van der Waals surface area (Å²) in [4.78, 5) is 15.5. The molecular weight excluding hydrogens is 366 g/mol. The van der Waals surface area contributed by atoms with E-state index >= 15 is 0 Å². The number of hydrogen-bond acceptors (Lipinski definition) is 4. The Morgan fingerprint density at radius 1 is 1.17 bits per heavy atom. The van der Waals surface area contributed by atoms with E-state index in [9.17, 15) is 9.90 Å². The van der Waals surface area contributed by atoms with Crippen LogP contribution in [0.25, 0.3) is 10.8 Å². The van der Waals surface area contributed by atoms with Crippen molar-refractivity contribution in [1.82, 2.24) is 9.55 Å². The summed E-state index contributed by atoms with van der Waals surface area (Å²) in [5, 5.41) is 11.4. The Morgan fingerprint density at radius 3 is 2.48 bits per heavy atom.